The Labute approximate surface area is 127 Å². The fourth-order valence-corrected chi connectivity index (χ4v) is 3.81. The molecule has 3 heteroatoms. The highest BCUT2D eigenvalue weighted by molar-refractivity contribution is 5.83. The van der Waals surface area contributed by atoms with Gasteiger partial charge in [0.05, 0.1) is 0 Å². The molecule has 1 aliphatic heterocycles. The summed E-state index contributed by atoms with van der Waals surface area (Å²) in [5.41, 5.74) is 8.75. The number of carbonyl (C=O) groups excluding carboxylic acids is 1. The fourth-order valence-electron chi connectivity index (χ4n) is 3.81. The van der Waals surface area contributed by atoms with Gasteiger partial charge in [-0.05, 0) is 56.6 Å². The van der Waals surface area contributed by atoms with E-state index in [2.05, 4.69) is 36.1 Å². The molecule has 4 atom stereocenters. The van der Waals surface area contributed by atoms with Crippen LogP contribution >= 0.6 is 0 Å². The number of amides is 1. The first-order chi connectivity index (χ1) is 10.1. The molecule has 1 aliphatic carbocycles. The van der Waals surface area contributed by atoms with E-state index in [4.69, 9.17) is 5.73 Å². The Morgan fingerprint density at radius 1 is 1.33 bits per heavy atom. The molecule has 2 fully saturated rings. The average Bonchev–Trinajstić information content (AvgIpc) is 3.27. The van der Waals surface area contributed by atoms with Gasteiger partial charge in [-0.25, -0.2) is 0 Å². The number of hydrogen-bond acceptors (Lipinski definition) is 2. The molecule has 2 aliphatic rings. The van der Waals surface area contributed by atoms with E-state index in [0.29, 0.717) is 11.8 Å². The first kappa shape index (κ1) is 14.6. The van der Waals surface area contributed by atoms with Crippen molar-refractivity contribution in [1.29, 1.82) is 0 Å². The second-order valence-corrected chi connectivity index (χ2v) is 6.76. The van der Waals surface area contributed by atoms with Gasteiger partial charge < -0.3 is 10.6 Å². The van der Waals surface area contributed by atoms with E-state index in [1.807, 2.05) is 6.92 Å². The zero-order chi connectivity index (χ0) is 15.0. The molecule has 1 saturated heterocycles. The average molecular weight is 286 g/mol. The van der Waals surface area contributed by atoms with E-state index in [9.17, 15) is 4.79 Å². The molecule has 1 aromatic carbocycles. The number of nitrogens with two attached hydrogens (primary N) is 1. The molecule has 0 radical (unpaired) electrons. The number of rotatable bonds is 3. The van der Waals surface area contributed by atoms with Crippen molar-refractivity contribution in [3.8, 4) is 0 Å². The molecule has 1 aromatic rings. The van der Waals surface area contributed by atoms with Crippen molar-refractivity contribution in [2.45, 2.75) is 57.5 Å². The van der Waals surface area contributed by atoms with Crippen molar-refractivity contribution in [2.75, 3.05) is 6.54 Å². The summed E-state index contributed by atoms with van der Waals surface area (Å²) in [4.78, 5) is 14.9. The normalized spacial score (nSPS) is 30.0. The van der Waals surface area contributed by atoms with Crippen LogP contribution in [0, 0.1) is 12.8 Å². The first-order valence-corrected chi connectivity index (χ1v) is 8.21. The minimum Gasteiger partial charge on any atom is -0.338 e. The number of benzene rings is 1. The molecule has 1 heterocycles. The van der Waals surface area contributed by atoms with Gasteiger partial charge in [-0.15, -0.1) is 0 Å². The first-order valence-electron chi connectivity index (χ1n) is 8.21. The van der Waals surface area contributed by atoms with E-state index < -0.39 is 0 Å². The Bertz CT molecular complexity index is 526. The van der Waals surface area contributed by atoms with Gasteiger partial charge in [0, 0.05) is 24.5 Å². The molecule has 21 heavy (non-hydrogen) atoms. The second-order valence-electron chi connectivity index (χ2n) is 6.76. The molecule has 3 nitrogen and oxygen atoms in total. The lowest BCUT2D eigenvalue weighted by molar-refractivity contribution is -0.136. The highest BCUT2D eigenvalue weighted by Gasteiger charge is 2.47. The Kier molecular flexibility index (Phi) is 4.03. The fraction of sp³-hybridized carbons (Fsp3) is 0.611. The van der Waals surface area contributed by atoms with Gasteiger partial charge in [0.2, 0.25) is 5.91 Å². The van der Waals surface area contributed by atoms with E-state index in [1.165, 1.54) is 17.5 Å². The lowest BCUT2D eigenvalue weighted by Gasteiger charge is -2.38. The van der Waals surface area contributed by atoms with Crippen LogP contribution in [0.2, 0.25) is 0 Å². The third kappa shape index (κ3) is 2.84. The number of hydrogen-bond donors (Lipinski definition) is 1. The van der Waals surface area contributed by atoms with Crippen molar-refractivity contribution in [2.24, 2.45) is 11.7 Å². The molecule has 0 unspecified atom stereocenters. The van der Waals surface area contributed by atoms with Crippen molar-refractivity contribution >= 4 is 5.91 Å². The van der Waals surface area contributed by atoms with E-state index in [-0.39, 0.29) is 18.0 Å². The van der Waals surface area contributed by atoms with Gasteiger partial charge >= 0.3 is 0 Å². The molecule has 1 saturated carbocycles. The number of piperidine rings is 1. The van der Waals surface area contributed by atoms with Gasteiger partial charge in [-0.1, -0.05) is 24.3 Å². The van der Waals surface area contributed by atoms with Crippen molar-refractivity contribution < 1.29 is 4.79 Å². The van der Waals surface area contributed by atoms with Crippen LogP contribution in [0.5, 0.6) is 0 Å². The molecular formula is C18H26N2O. The van der Waals surface area contributed by atoms with Gasteiger partial charge in [-0.3, -0.25) is 4.79 Å². The molecule has 0 bridgehead atoms. The van der Waals surface area contributed by atoms with Crippen molar-refractivity contribution in [3.05, 3.63) is 35.4 Å². The number of carbonyl (C=O) groups is 1. The zero-order valence-corrected chi connectivity index (χ0v) is 13.1. The van der Waals surface area contributed by atoms with Crippen LogP contribution in [0.25, 0.3) is 0 Å². The summed E-state index contributed by atoms with van der Waals surface area (Å²) < 4.78 is 0. The monoisotopic (exact) mass is 286 g/mol. The summed E-state index contributed by atoms with van der Waals surface area (Å²) in [7, 11) is 0. The summed E-state index contributed by atoms with van der Waals surface area (Å²) in [6.45, 7) is 5.06. The minimum absolute atomic E-state index is 0.0740. The van der Waals surface area contributed by atoms with Crippen LogP contribution in [0.3, 0.4) is 0 Å². The van der Waals surface area contributed by atoms with Crippen LogP contribution in [0.15, 0.2) is 24.3 Å². The van der Waals surface area contributed by atoms with Gasteiger partial charge in [0.25, 0.3) is 0 Å². The summed E-state index contributed by atoms with van der Waals surface area (Å²) in [6.07, 6.45) is 4.38. The number of nitrogens with zero attached hydrogens (tertiary/aromatic N) is 1. The molecular weight excluding hydrogens is 260 g/mol. The largest absolute Gasteiger partial charge is 0.338 e. The molecule has 0 spiro atoms. The Hall–Kier alpha value is -1.35. The van der Waals surface area contributed by atoms with Crippen LogP contribution < -0.4 is 5.73 Å². The standard InChI is InChI=1S/C18H26N2O/c1-12-7-3-4-8-14(12)15-11-16(15)18(21)20-10-6-5-9-17(20)13(2)19/h3-4,7-8,13,15-17H,5-6,9-11,19H2,1-2H3/t13-,15-,16-,17-/m0/s1. The quantitative estimate of drug-likeness (QED) is 0.928. The predicted octanol–water partition coefficient (Wildman–Crippen LogP) is 2.83. The summed E-state index contributed by atoms with van der Waals surface area (Å²) in [6, 6.07) is 8.77. The van der Waals surface area contributed by atoms with Gasteiger partial charge in [0.1, 0.15) is 0 Å². The van der Waals surface area contributed by atoms with E-state index in [1.54, 1.807) is 0 Å². The number of aryl methyl sites for hydroxylation is 1. The van der Waals surface area contributed by atoms with E-state index in [0.717, 1.165) is 25.8 Å². The lowest BCUT2D eigenvalue weighted by Crippen LogP contribution is -2.52. The van der Waals surface area contributed by atoms with Crippen molar-refractivity contribution in [1.82, 2.24) is 4.90 Å². The highest BCUT2D eigenvalue weighted by atomic mass is 16.2. The van der Waals surface area contributed by atoms with Crippen LogP contribution in [-0.4, -0.2) is 29.4 Å². The third-order valence-electron chi connectivity index (χ3n) is 5.13. The SMILES string of the molecule is Cc1ccccc1[C@@H]1C[C@@H]1C(=O)N1CCCC[C@H]1[C@H](C)N. The zero-order valence-electron chi connectivity index (χ0n) is 13.1. The maximum absolute atomic E-state index is 12.8. The van der Waals surface area contributed by atoms with Crippen LogP contribution in [0.1, 0.15) is 49.7 Å². The second kappa shape index (κ2) is 5.80. The summed E-state index contributed by atoms with van der Waals surface area (Å²) >= 11 is 0. The van der Waals surface area contributed by atoms with Crippen molar-refractivity contribution in [3.63, 3.8) is 0 Å². The lowest BCUT2D eigenvalue weighted by atomic mass is 9.96. The summed E-state index contributed by atoms with van der Waals surface area (Å²) in [5, 5.41) is 0. The highest BCUT2D eigenvalue weighted by Crippen LogP contribution is 2.50. The Balaban J connectivity index is 1.71. The third-order valence-corrected chi connectivity index (χ3v) is 5.13. The molecule has 114 valence electrons. The van der Waals surface area contributed by atoms with E-state index >= 15 is 0 Å². The maximum Gasteiger partial charge on any atom is 0.226 e. The molecule has 1 amide bonds. The maximum atomic E-state index is 12.8. The van der Waals surface area contributed by atoms with Crippen LogP contribution in [-0.2, 0) is 4.79 Å². The Morgan fingerprint density at radius 2 is 2.10 bits per heavy atom. The Morgan fingerprint density at radius 3 is 2.81 bits per heavy atom. The van der Waals surface area contributed by atoms with Crippen LogP contribution in [0.4, 0.5) is 0 Å². The number of likely N-dealkylation sites (tertiary alicyclic amines) is 1. The van der Waals surface area contributed by atoms with Gasteiger partial charge in [0.15, 0.2) is 0 Å². The summed E-state index contributed by atoms with van der Waals surface area (Å²) in [5.74, 6) is 0.949. The topological polar surface area (TPSA) is 46.3 Å². The molecule has 3 rings (SSSR count). The smallest absolute Gasteiger partial charge is 0.226 e. The molecule has 2 N–H and O–H groups in total. The predicted molar refractivity (Wildman–Crippen MR) is 85.0 cm³/mol. The molecule has 0 aromatic heterocycles. The minimum atomic E-state index is 0.0740. The van der Waals surface area contributed by atoms with Gasteiger partial charge in [-0.2, -0.15) is 0 Å².